The third-order valence-corrected chi connectivity index (χ3v) is 4.21. The number of hydrogen-bond acceptors (Lipinski definition) is 1. The van der Waals surface area contributed by atoms with Gasteiger partial charge in [-0.2, -0.15) is 0 Å². The van der Waals surface area contributed by atoms with Gasteiger partial charge in [0.1, 0.15) is 0 Å². The molecule has 1 fully saturated rings. The Labute approximate surface area is 88.2 Å². The summed E-state index contributed by atoms with van der Waals surface area (Å²) in [6.45, 7) is 8.54. The van der Waals surface area contributed by atoms with Gasteiger partial charge in [-0.05, 0) is 43.9 Å². The highest BCUT2D eigenvalue weighted by atomic mass is 16.3. The van der Waals surface area contributed by atoms with Gasteiger partial charge in [-0.3, -0.25) is 0 Å². The van der Waals surface area contributed by atoms with Gasteiger partial charge in [0.15, 0.2) is 0 Å². The molecule has 2 unspecified atom stereocenters. The van der Waals surface area contributed by atoms with Crippen LogP contribution in [0, 0.1) is 11.3 Å². The van der Waals surface area contributed by atoms with Crippen molar-refractivity contribution in [2.24, 2.45) is 11.3 Å². The average Bonchev–Trinajstić information content (AvgIpc) is 2.27. The van der Waals surface area contributed by atoms with Crippen LogP contribution in [0.15, 0.2) is 12.2 Å². The van der Waals surface area contributed by atoms with E-state index >= 15 is 0 Å². The minimum Gasteiger partial charge on any atom is -0.390 e. The molecule has 82 valence electrons. The van der Waals surface area contributed by atoms with Gasteiger partial charge < -0.3 is 5.11 Å². The van der Waals surface area contributed by atoms with Crippen LogP contribution in [-0.2, 0) is 0 Å². The Morgan fingerprint density at radius 1 is 1.29 bits per heavy atom. The van der Waals surface area contributed by atoms with Crippen molar-refractivity contribution in [3.63, 3.8) is 0 Å². The Balaban J connectivity index is 2.61. The fourth-order valence-electron chi connectivity index (χ4n) is 2.42. The summed E-state index contributed by atoms with van der Waals surface area (Å²) in [6, 6.07) is 0. The summed E-state index contributed by atoms with van der Waals surface area (Å²) in [5, 5.41) is 10.2. The lowest BCUT2D eigenvalue weighted by Crippen LogP contribution is -2.39. The first-order valence-electron chi connectivity index (χ1n) is 5.79. The Bertz CT molecular complexity index is 213. The second-order valence-corrected chi connectivity index (χ2v) is 5.35. The third kappa shape index (κ3) is 2.03. The minimum absolute atomic E-state index is 0.0606. The summed E-state index contributed by atoms with van der Waals surface area (Å²) in [5.74, 6) is 0.639. The van der Waals surface area contributed by atoms with Crippen molar-refractivity contribution in [3.8, 4) is 0 Å². The predicted molar refractivity (Wildman–Crippen MR) is 61.2 cm³/mol. The first-order valence-corrected chi connectivity index (χ1v) is 5.79. The Kier molecular flexibility index (Phi) is 3.41. The largest absolute Gasteiger partial charge is 0.390 e. The highest BCUT2D eigenvalue weighted by Gasteiger charge is 2.49. The van der Waals surface area contributed by atoms with Crippen molar-refractivity contribution >= 4 is 0 Å². The highest BCUT2D eigenvalue weighted by Crippen LogP contribution is 2.51. The van der Waals surface area contributed by atoms with Crippen LogP contribution in [0.2, 0.25) is 0 Å². The lowest BCUT2D eigenvalue weighted by atomic mass is 9.72. The monoisotopic (exact) mass is 196 g/mol. The van der Waals surface area contributed by atoms with Crippen LogP contribution in [0.1, 0.15) is 53.4 Å². The zero-order chi connectivity index (χ0) is 10.8. The van der Waals surface area contributed by atoms with E-state index in [0.717, 1.165) is 25.7 Å². The van der Waals surface area contributed by atoms with Crippen LogP contribution in [0.5, 0.6) is 0 Å². The van der Waals surface area contributed by atoms with Crippen LogP contribution in [0.4, 0.5) is 0 Å². The quantitative estimate of drug-likeness (QED) is 0.685. The van der Waals surface area contributed by atoms with Crippen molar-refractivity contribution in [2.75, 3.05) is 0 Å². The summed E-state index contributed by atoms with van der Waals surface area (Å²) in [4.78, 5) is 0. The summed E-state index contributed by atoms with van der Waals surface area (Å²) < 4.78 is 0. The number of aliphatic hydroxyl groups is 1. The molecule has 0 heterocycles. The van der Waals surface area contributed by atoms with E-state index in [1.807, 2.05) is 6.92 Å². The molecule has 0 aromatic carbocycles. The van der Waals surface area contributed by atoms with E-state index in [2.05, 4.69) is 32.9 Å². The van der Waals surface area contributed by atoms with Gasteiger partial charge in [-0.1, -0.05) is 32.9 Å². The van der Waals surface area contributed by atoms with Gasteiger partial charge in [0.2, 0.25) is 0 Å². The molecule has 0 amide bonds. The van der Waals surface area contributed by atoms with E-state index in [9.17, 15) is 5.11 Å². The van der Waals surface area contributed by atoms with E-state index < -0.39 is 5.60 Å². The normalized spacial score (nSPS) is 36.8. The molecule has 2 atom stereocenters. The molecule has 1 nitrogen and oxygen atoms in total. The fourth-order valence-corrected chi connectivity index (χ4v) is 2.42. The van der Waals surface area contributed by atoms with Crippen molar-refractivity contribution in [1.82, 2.24) is 0 Å². The molecule has 1 aliphatic carbocycles. The first-order chi connectivity index (χ1) is 6.42. The van der Waals surface area contributed by atoms with E-state index in [0.29, 0.717) is 5.92 Å². The van der Waals surface area contributed by atoms with Crippen LogP contribution < -0.4 is 0 Å². The molecule has 0 spiro atoms. The van der Waals surface area contributed by atoms with Crippen LogP contribution in [0.3, 0.4) is 0 Å². The summed E-state index contributed by atoms with van der Waals surface area (Å²) in [5.41, 5.74) is -0.414. The summed E-state index contributed by atoms with van der Waals surface area (Å²) in [7, 11) is 0. The molecule has 0 aromatic heterocycles. The van der Waals surface area contributed by atoms with Crippen molar-refractivity contribution < 1.29 is 5.11 Å². The van der Waals surface area contributed by atoms with Crippen LogP contribution >= 0.6 is 0 Å². The smallest absolute Gasteiger partial charge is 0.0673 e. The number of rotatable bonds is 3. The van der Waals surface area contributed by atoms with Gasteiger partial charge in [0.25, 0.3) is 0 Å². The molecule has 1 rings (SSSR count). The molecule has 1 N–H and O–H groups in total. The zero-order valence-electron chi connectivity index (χ0n) is 10.0. The van der Waals surface area contributed by atoms with Crippen LogP contribution in [-0.4, -0.2) is 10.7 Å². The van der Waals surface area contributed by atoms with Gasteiger partial charge in [0, 0.05) is 0 Å². The third-order valence-electron chi connectivity index (χ3n) is 4.21. The highest BCUT2D eigenvalue weighted by molar-refractivity contribution is 5.02. The summed E-state index contributed by atoms with van der Waals surface area (Å²) in [6.07, 6.45) is 8.84. The number of allylic oxidation sites excluding steroid dienone is 2. The van der Waals surface area contributed by atoms with E-state index in [1.165, 1.54) is 0 Å². The molecule has 1 saturated carbocycles. The molecule has 14 heavy (non-hydrogen) atoms. The predicted octanol–water partition coefficient (Wildman–Crippen LogP) is 3.53. The molecular formula is C13H24O. The Hall–Kier alpha value is -0.300. The average molecular weight is 196 g/mol. The second-order valence-electron chi connectivity index (χ2n) is 5.35. The molecular weight excluding hydrogens is 172 g/mol. The Morgan fingerprint density at radius 2 is 1.93 bits per heavy atom. The lowest BCUT2D eigenvalue weighted by Gasteiger charge is -2.37. The van der Waals surface area contributed by atoms with E-state index in [1.54, 1.807) is 0 Å². The van der Waals surface area contributed by atoms with Gasteiger partial charge in [-0.15, -0.1) is 0 Å². The molecule has 0 aromatic rings. The molecule has 1 aliphatic rings. The molecule has 0 aliphatic heterocycles. The topological polar surface area (TPSA) is 20.2 Å². The molecule has 0 radical (unpaired) electrons. The maximum Gasteiger partial charge on any atom is 0.0673 e. The number of hydrogen-bond donors (Lipinski definition) is 1. The van der Waals surface area contributed by atoms with Gasteiger partial charge in [0.05, 0.1) is 5.60 Å². The minimum atomic E-state index is -0.474. The maximum absolute atomic E-state index is 10.2. The van der Waals surface area contributed by atoms with E-state index in [-0.39, 0.29) is 5.41 Å². The second kappa shape index (κ2) is 4.06. The van der Waals surface area contributed by atoms with Crippen LogP contribution in [0.25, 0.3) is 0 Å². The first kappa shape index (κ1) is 11.8. The zero-order valence-corrected chi connectivity index (χ0v) is 10.0. The fraction of sp³-hybridized carbons (Fsp3) is 0.846. The Morgan fingerprint density at radius 3 is 2.36 bits per heavy atom. The standard InChI is InChI=1S/C13H24O/c1-5-6-7-8-11-9-10-13(4,14)12(11,2)3/h6-7,11,14H,5,8-10H2,1-4H3. The van der Waals surface area contributed by atoms with Crippen molar-refractivity contribution in [1.29, 1.82) is 0 Å². The van der Waals surface area contributed by atoms with Crippen molar-refractivity contribution in [3.05, 3.63) is 12.2 Å². The summed E-state index contributed by atoms with van der Waals surface area (Å²) >= 11 is 0. The van der Waals surface area contributed by atoms with Gasteiger partial charge >= 0.3 is 0 Å². The lowest BCUT2D eigenvalue weighted by molar-refractivity contribution is -0.0418. The van der Waals surface area contributed by atoms with E-state index in [4.69, 9.17) is 0 Å². The molecule has 0 saturated heterocycles. The molecule has 1 heteroatoms. The maximum atomic E-state index is 10.2. The molecule has 0 bridgehead atoms. The van der Waals surface area contributed by atoms with Gasteiger partial charge in [-0.25, -0.2) is 0 Å². The van der Waals surface area contributed by atoms with Crippen molar-refractivity contribution in [2.45, 2.75) is 59.0 Å². The SMILES string of the molecule is CCC=CCC1CCC(C)(O)C1(C)C.